The van der Waals surface area contributed by atoms with Gasteiger partial charge in [-0.15, -0.1) is 11.8 Å². The Labute approximate surface area is 126 Å². The molecule has 0 radical (unpaired) electrons. The summed E-state index contributed by atoms with van der Waals surface area (Å²) in [7, 11) is 1.66. The van der Waals surface area contributed by atoms with Crippen LogP contribution in [0.4, 0.5) is 0 Å². The van der Waals surface area contributed by atoms with Crippen molar-refractivity contribution in [2.75, 3.05) is 20.5 Å². The maximum absolute atomic E-state index is 5.24. The van der Waals surface area contributed by atoms with E-state index in [9.17, 15) is 0 Å². The fraction of sp³-hybridized carbons (Fsp3) is 0.889. The molecule has 0 bridgehead atoms. The molecule has 0 amide bonds. The summed E-state index contributed by atoms with van der Waals surface area (Å²) in [5.41, 5.74) is 0. The highest BCUT2D eigenvalue weighted by atomic mass is 16.7. The molecule has 0 spiro atoms. The van der Waals surface area contributed by atoms with Gasteiger partial charge < -0.3 is 9.47 Å². The zero-order chi connectivity index (χ0) is 14.7. The van der Waals surface area contributed by atoms with Crippen LogP contribution in [-0.4, -0.2) is 20.5 Å². The highest BCUT2D eigenvalue weighted by Gasteiger charge is 1.90. The molecule has 0 rings (SSSR count). The molecule has 0 aromatic heterocycles. The first-order valence-electron chi connectivity index (χ1n) is 8.44. The van der Waals surface area contributed by atoms with Crippen molar-refractivity contribution in [2.24, 2.45) is 0 Å². The van der Waals surface area contributed by atoms with Crippen molar-refractivity contribution in [3.63, 3.8) is 0 Å². The molecule has 0 aliphatic rings. The lowest BCUT2D eigenvalue weighted by Gasteiger charge is -2.01. The number of ether oxygens (including phenoxy) is 2. The third kappa shape index (κ3) is 17.5. The van der Waals surface area contributed by atoms with Crippen molar-refractivity contribution in [2.45, 2.75) is 84.0 Å². The molecular formula is C18H34O2. The monoisotopic (exact) mass is 282 g/mol. The summed E-state index contributed by atoms with van der Waals surface area (Å²) in [5, 5.41) is 0. The Morgan fingerprint density at radius 3 is 1.85 bits per heavy atom. The summed E-state index contributed by atoms with van der Waals surface area (Å²) in [6.45, 7) is 3.50. The lowest BCUT2D eigenvalue weighted by atomic mass is 10.1. The van der Waals surface area contributed by atoms with E-state index in [4.69, 9.17) is 9.47 Å². The number of hydrogen-bond donors (Lipinski definition) is 0. The highest BCUT2D eigenvalue weighted by molar-refractivity contribution is 4.98. The molecule has 0 aliphatic carbocycles. The fourth-order valence-electron chi connectivity index (χ4n) is 2.08. The van der Waals surface area contributed by atoms with Gasteiger partial charge in [-0.2, -0.15) is 0 Å². The Morgan fingerprint density at radius 2 is 1.25 bits per heavy atom. The maximum Gasteiger partial charge on any atom is 0.146 e. The molecule has 0 saturated carbocycles. The van der Waals surface area contributed by atoms with E-state index < -0.39 is 0 Å². The molecule has 0 saturated heterocycles. The molecule has 2 heteroatoms. The second kappa shape index (κ2) is 18.5. The van der Waals surface area contributed by atoms with E-state index >= 15 is 0 Å². The third-order valence-electron chi connectivity index (χ3n) is 3.32. The SMILES string of the molecule is CCCCCCCCC#CCCCCCCOCOC. The molecule has 0 heterocycles. The van der Waals surface area contributed by atoms with E-state index in [2.05, 4.69) is 18.8 Å². The predicted octanol–water partition coefficient (Wildman–Crippen LogP) is 5.31. The van der Waals surface area contributed by atoms with E-state index in [0.717, 1.165) is 25.9 Å². The van der Waals surface area contributed by atoms with Crippen LogP contribution in [0.15, 0.2) is 0 Å². The van der Waals surface area contributed by atoms with Gasteiger partial charge in [0.05, 0.1) is 0 Å². The van der Waals surface area contributed by atoms with E-state index in [-0.39, 0.29) is 0 Å². The van der Waals surface area contributed by atoms with Crippen LogP contribution in [-0.2, 0) is 9.47 Å². The van der Waals surface area contributed by atoms with Gasteiger partial charge in [0.1, 0.15) is 6.79 Å². The van der Waals surface area contributed by atoms with E-state index in [0.29, 0.717) is 6.79 Å². The third-order valence-corrected chi connectivity index (χ3v) is 3.32. The van der Waals surface area contributed by atoms with Crippen LogP contribution in [0, 0.1) is 11.8 Å². The first-order valence-corrected chi connectivity index (χ1v) is 8.44. The maximum atomic E-state index is 5.24. The number of hydrogen-bond acceptors (Lipinski definition) is 2. The van der Waals surface area contributed by atoms with Crippen LogP contribution in [0.5, 0.6) is 0 Å². The topological polar surface area (TPSA) is 18.5 Å². The lowest BCUT2D eigenvalue weighted by Crippen LogP contribution is -1.98. The smallest absolute Gasteiger partial charge is 0.146 e. The van der Waals surface area contributed by atoms with Crippen LogP contribution in [0.2, 0.25) is 0 Å². The minimum absolute atomic E-state index is 0.421. The minimum Gasteiger partial charge on any atom is -0.359 e. The van der Waals surface area contributed by atoms with Gasteiger partial charge in [-0.3, -0.25) is 0 Å². The Balaban J connectivity index is 3.06. The van der Waals surface area contributed by atoms with Crippen molar-refractivity contribution < 1.29 is 9.47 Å². The van der Waals surface area contributed by atoms with Crippen molar-refractivity contribution in [3.8, 4) is 11.8 Å². The Hall–Kier alpha value is -0.520. The van der Waals surface area contributed by atoms with Gasteiger partial charge in [0.2, 0.25) is 0 Å². The average Bonchev–Trinajstić information content (AvgIpc) is 2.47. The van der Waals surface area contributed by atoms with Gasteiger partial charge in [0.25, 0.3) is 0 Å². The Bertz CT molecular complexity index is 227. The van der Waals surface area contributed by atoms with Crippen LogP contribution < -0.4 is 0 Å². The van der Waals surface area contributed by atoms with Crippen molar-refractivity contribution >= 4 is 0 Å². The Morgan fingerprint density at radius 1 is 0.700 bits per heavy atom. The van der Waals surface area contributed by atoms with Gasteiger partial charge >= 0.3 is 0 Å². The fourth-order valence-corrected chi connectivity index (χ4v) is 2.08. The normalized spacial score (nSPS) is 10.3. The van der Waals surface area contributed by atoms with Gasteiger partial charge in [-0.25, -0.2) is 0 Å². The average molecular weight is 282 g/mol. The zero-order valence-electron chi connectivity index (χ0n) is 13.7. The van der Waals surface area contributed by atoms with Crippen LogP contribution >= 0.6 is 0 Å². The number of rotatable bonds is 14. The summed E-state index contributed by atoms with van der Waals surface area (Å²) >= 11 is 0. The molecule has 0 unspecified atom stereocenters. The van der Waals surface area contributed by atoms with Crippen LogP contribution in [0.1, 0.15) is 84.0 Å². The van der Waals surface area contributed by atoms with Crippen molar-refractivity contribution in [1.29, 1.82) is 0 Å². The van der Waals surface area contributed by atoms with Crippen LogP contribution in [0.25, 0.3) is 0 Å². The second-order valence-corrected chi connectivity index (χ2v) is 5.35. The molecule has 0 aliphatic heterocycles. The molecule has 0 aromatic rings. The van der Waals surface area contributed by atoms with Crippen molar-refractivity contribution in [1.82, 2.24) is 0 Å². The summed E-state index contributed by atoms with van der Waals surface area (Å²) in [4.78, 5) is 0. The molecule has 2 nitrogen and oxygen atoms in total. The van der Waals surface area contributed by atoms with Crippen LogP contribution in [0.3, 0.4) is 0 Å². The molecule has 0 atom stereocenters. The van der Waals surface area contributed by atoms with E-state index in [1.165, 1.54) is 57.8 Å². The summed E-state index contributed by atoms with van der Waals surface area (Å²) in [6, 6.07) is 0. The minimum atomic E-state index is 0.421. The molecule has 0 fully saturated rings. The highest BCUT2D eigenvalue weighted by Crippen LogP contribution is 2.06. The van der Waals surface area contributed by atoms with Gasteiger partial charge in [0, 0.05) is 26.6 Å². The largest absolute Gasteiger partial charge is 0.359 e. The van der Waals surface area contributed by atoms with Gasteiger partial charge in [-0.1, -0.05) is 51.9 Å². The molecule has 0 aromatic carbocycles. The van der Waals surface area contributed by atoms with Gasteiger partial charge in [-0.05, 0) is 19.3 Å². The molecule has 20 heavy (non-hydrogen) atoms. The second-order valence-electron chi connectivity index (χ2n) is 5.35. The predicted molar refractivity (Wildman–Crippen MR) is 86.7 cm³/mol. The molecule has 0 N–H and O–H groups in total. The first-order chi connectivity index (χ1) is 9.91. The summed E-state index contributed by atoms with van der Waals surface area (Å²) in [5.74, 6) is 6.60. The molecular weight excluding hydrogens is 248 g/mol. The van der Waals surface area contributed by atoms with Crippen molar-refractivity contribution in [3.05, 3.63) is 0 Å². The molecule has 118 valence electrons. The Kier molecular flexibility index (Phi) is 18.0. The van der Waals surface area contributed by atoms with Gasteiger partial charge in [0.15, 0.2) is 0 Å². The van der Waals surface area contributed by atoms with E-state index in [1.807, 2.05) is 0 Å². The quantitative estimate of drug-likeness (QED) is 0.244. The van der Waals surface area contributed by atoms with E-state index in [1.54, 1.807) is 7.11 Å². The number of methoxy groups -OCH3 is 1. The summed E-state index contributed by atoms with van der Waals surface area (Å²) in [6.07, 6.45) is 15.2. The number of unbranched alkanes of at least 4 members (excludes halogenated alkanes) is 10. The summed E-state index contributed by atoms with van der Waals surface area (Å²) < 4.78 is 10.1. The standard InChI is InChI=1S/C18H34O2/c1-3-4-5-6-7-8-9-10-11-12-13-14-15-16-17-20-18-19-2/h3-9,12-18H2,1-2H3. The zero-order valence-corrected chi connectivity index (χ0v) is 13.7. The first kappa shape index (κ1) is 19.5. The lowest BCUT2D eigenvalue weighted by molar-refractivity contribution is -0.0315.